The van der Waals surface area contributed by atoms with Crippen LogP contribution >= 0.6 is 0 Å². The van der Waals surface area contributed by atoms with Gasteiger partial charge < -0.3 is 11.1 Å². The predicted octanol–water partition coefficient (Wildman–Crippen LogP) is 3.10. The molecule has 0 saturated heterocycles. The number of nitrogens with one attached hydrogen (secondary N) is 1. The SMILES string of the molecule is CCCCc1ccc(NC(=O)CCCCN)cc1. The Balaban J connectivity index is 2.35. The quantitative estimate of drug-likeness (QED) is 0.695. The van der Waals surface area contributed by atoms with Crippen LogP contribution < -0.4 is 11.1 Å². The van der Waals surface area contributed by atoms with Crippen molar-refractivity contribution < 1.29 is 4.79 Å². The van der Waals surface area contributed by atoms with Crippen molar-refractivity contribution in [2.45, 2.75) is 45.4 Å². The second-order valence-electron chi connectivity index (χ2n) is 4.59. The van der Waals surface area contributed by atoms with Crippen molar-refractivity contribution in [3.63, 3.8) is 0 Å². The van der Waals surface area contributed by atoms with E-state index in [1.165, 1.54) is 18.4 Å². The van der Waals surface area contributed by atoms with Crippen LogP contribution in [0.1, 0.15) is 44.6 Å². The number of rotatable bonds is 8. The molecule has 0 atom stereocenters. The van der Waals surface area contributed by atoms with Gasteiger partial charge in [-0.05, 0) is 49.9 Å². The van der Waals surface area contributed by atoms with Crippen molar-refractivity contribution in [3.05, 3.63) is 29.8 Å². The highest BCUT2D eigenvalue weighted by molar-refractivity contribution is 5.90. The largest absolute Gasteiger partial charge is 0.330 e. The Bertz CT molecular complexity index is 346. The maximum atomic E-state index is 11.6. The molecule has 0 radical (unpaired) electrons. The third-order valence-corrected chi connectivity index (χ3v) is 2.91. The molecule has 100 valence electrons. The number of amides is 1. The van der Waals surface area contributed by atoms with Crippen LogP contribution in [0.2, 0.25) is 0 Å². The van der Waals surface area contributed by atoms with Crippen LogP contribution in [0.25, 0.3) is 0 Å². The number of carbonyl (C=O) groups is 1. The van der Waals surface area contributed by atoms with E-state index in [1.54, 1.807) is 0 Å². The Morgan fingerprint density at radius 1 is 1.17 bits per heavy atom. The highest BCUT2D eigenvalue weighted by Gasteiger charge is 2.01. The summed E-state index contributed by atoms with van der Waals surface area (Å²) in [6.45, 7) is 2.84. The maximum Gasteiger partial charge on any atom is 0.224 e. The van der Waals surface area contributed by atoms with Crippen LogP contribution in [0.15, 0.2) is 24.3 Å². The van der Waals surface area contributed by atoms with E-state index in [2.05, 4.69) is 24.4 Å². The van der Waals surface area contributed by atoms with E-state index >= 15 is 0 Å². The van der Waals surface area contributed by atoms with Crippen molar-refractivity contribution in [2.75, 3.05) is 11.9 Å². The van der Waals surface area contributed by atoms with E-state index in [-0.39, 0.29) is 5.91 Å². The fourth-order valence-corrected chi connectivity index (χ4v) is 1.79. The minimum absolute atomic E-state index is 0.0739. The van der Waals surface area contributed by atoms with Crippen molar-refractivity contribution >= 4 is 11.6 Å². The van der Waals surface area contributed by atoms with E-state index in [9.17, 15) is 4.79 Å². The smallest absolute Gasteiger partial charge is 0.224 e. The zero-order chi connectivity index (χ0) is 13.2. The number of aryl methyl sites for hydroxylation is 1. The van der Waals surface area contributed by atoms with Gasteiger partial charge in [-0.1, -0.05) is 25.5 Å². The monoisotopic (exact) mass is 248 g/mol. The lowest BCUT2D eigenvalue weighted by Crippen LogP contribution is -2.11. The molecule has 18 heavy (non-hydrogen) atoms. The average Bonchev–Trinajstić information content (AvgIpc) is 2.38. The molecular weight excluding hydrogens is 224 g/mol. The van der Waals surface area contributed by atoms with Gasteiger partial charge in [0.1, 0.15) is 0 Å². The molecule has 0 heterocycles. The van der Waals surface area contributed by atoms with Crippen LogP contribution in [0, 0.1) is 0 Å². The van der Waals surface area contributed by atoms with Gasteiger partial charge in [0.25, 0.3) is 0 Å². The average molecular weight is 248 g/mol. The van der Waals surface area contributed by atoms with Crippen LogP contribution in [-0.2, 0) is 11.2 Å². The van der Waals surface area contributed by atoms with Crippen LogP contribution in [-0.4, -0.2) is 12.5 Å². The zero-order valence-corrected chi connectivity index (χ0v) is 11.2. The molecule has 0 bridgehead atoms. The minimum atomic E-state index is 0.0739. The van der Waals surface area contributed by atoms with Gasteiger partial charge in [0.15, 0.2) is 0 Å². The molecule has 0 spiro atoms. The minimum Gasteiger partial charge on any atom is -0.330 e. The summed E-state index contributed by atoms with van der Waals surface area (Å²) < 4.78 is 0. The number of unbranched alkanes of at least 4 members (excludes halogenated alkanes) is 2. The van der Waals surface area contributed by atoms with Gasteiger partial charge in [0, 0.05) is 12.1 Å². The molecule has 1 rings (SSSR count). The molecule has 0 fully saturated rings. The van der Waals surface area contributed by atoms with E-state index in [0.29, 0.717) is 13.0 Å². The molecule has 0 saturated carbocycles. The number of hydrogen-bond donors (Lipinski definition) is 2. The van der Waals surface area contributed by atoms with Gasteiger partial charge in [0.05, 0.1) is 0 Å². The first-order chi connectivity index (χ1) is 8.76. The first kappa shape index (κ1) is 14.7. The third-order valence-electron chi connectivity index (χ3n) is 2.91. The molecule has 1 aromatic rings. The highest BCUT2D eigenvalue weighted by Crippen LogP contribution is 2.12. The van der Waals surface area contributed by atoms with Crippen molar-refractivity contribution in [1.82, 2.24) is 0 Å². The Kier molecular flexibility index (Phi) is 7.11. The summed E-state index contributed by atoms with van der Waals surface area (Å²) in [5, 5.41) is 2.90. The Morgan fingerprint density at radius 3 is 2.50 bits per heavy atom. The van der Waals surface area contributed by atoms with E-state index in [0.717, 1.165) is 24.9 Å². The molecule has 1 amide bonds. The zero-order valence-electron chi connectivity index (χ0n) is 11.2. The molecule has 0 aromatic heterocycles. The van der Waals surface area contributed by atoms with Crippen LogP contribution in [0.5, 0.6) is 0 Å². The Morgan fingerprint density at radius 2 is 1.89 bits per heavy atom. The molecule has 3 heteroatoms. The summed E-state index contributed by atoms with van der Waals surface area (Å²) >= 11 is 0. The normalized spacial score (nSPS) is 10.3. The lowest BCUT2D eigenvalue weighted by molar-refractivity contribution is -0.116. The first-order valence-corrected chi connectivity index (χ1v) is 6.85. The van der Waals surface area contributed by atoms with Gasteiger partial charge in [0.2, 0.25) is 5.91 Å². The van der Waals surface area contributed by atoms with E-state index in [4.69, 9.17) is 5.73 Å². The molecule has 0 aliphatic heterocycles. The van der Waals surface area contributed by atoms with Crippen LogP contribution in [0.3, 0.4) is 0 Å². The topological polar surface area (TPSA) is 55.1 Å². The molecule has 0 aliphatic rings. The number of anilines is 1. The number of hydrogen-bond acceptors (Lipinski definition) is 2. The molecule has 0 unspecified atom stereocenters. The van der Waals surface area contributed by atoms with Crippen molar-refractivity contribution in [3.8, 4) is 0 Å². The van der Waals surface area contributed by atoms with Gasteiger partial charge >= 0.3 is 0 Å². The number of carbonyl (C=O) groups excluding carboxylic acids is 1. The number of benzene rings is 1. The lowest BCUT2D eigenvalue weighted by atomic mass is 10.1. The maximum absolute atomic E-state index is 11.6. The molecule has 0 aliphatic carbocycles. The molecule has 3 N–H and O–H groups in total. The van der Waals surface area contributed by atoms with Gasteiger partial charge in [-0.15, -0.1) is 0 Å². The predicted molar refractivity (Wildman–Crippen MR) is 76.6 cm³/mol. The van der Waals surface area contributed by atoms with Crippen molar-refractivity contribution in [1.29, 1.82) is 0 Å². The Hall–Kier alpha value is -1.35. The fraction of sp³-hybridized carbons (Fsp3) is 0.533. The second-order valence-corrected chi connectivity index (χ2v) is 4.59. The second kappa shape index (κ2) is 8.70. The third kappa shape index (κ3) is 5.82. The van der Waals surface area contributed by atoms with Gasteiger partial charge in [-0.25, -0.2) is 0 Å². The molecular formula is C15H24N2O. The standard InChI is InChI=1S/C15H24N2O/c1-2-3-6-13-8-10-14(11-9-13)17-15(18)7-4-5-12-16/h8-11H,2-7,12,16H2,1H3,(H,17,18). The first-order valence-electron chi connectivity index (χ1n) is 6.85. The van der Waals surface area contributed by atoms with E-state index < -0.39 is 0 Å². The molecule has 3 nitrogen and oxygen atoms in total. The summed E-state index contributed by atoms with van der Waals surface area (Å²) in [6.07, 6.45) is 5.85. The summed E-state index contributed by atoms with van der Waals surface area (Å²) in [5.41, 5.74) is 7.61. The van der Waals surface area contributed by atoms with Gasteiger partial charge in [-0.3, -0.25) is 4.79 Å². The van der Waals surface area contributed by atoms with E-state index in [1.807, 2.05) is 12.1 Å². The summed E-state index contributed by atoms with van der Waals surface area (Å²) in [7, 11) is 0. The summed E-state index contributed by atoms with van der Waals surface area (Å²) in [5.74, 6) is 0.0739. The summed E-state index contributed by atoms with van der Waals surface area (Å²) in [6, 6.07) is 8.13. The lowest BCUT2D eigenvalue weighted by Gasteiger charge is -2.06. The van der Waals surface area contributed by atoms with Gasteiger partial charge in [-0.2, -0.15) is 0 Å². The Labute approximate surface area is 110 Å². The summed E-state index contributed by atoms with van der Waals surface area (Å²) in [4.78, 5) is 11.6. The molecule has 1 aromatic carbocycles. The van der Waals surface area contributed by atoms with Crippen LogP contribution in [0.4, 0.5) is 5.69 Å². The van der Waals surface area contributed by atoms with Crippen molar-refractivity contribution in [2.24, 2.45) is 5.73 Å². The highest BCUT2D eigenvalue weighted by atomic mass is 16.1. The number of nitrogens with two attached hydrogens (primary N) is 1. The fourth-order valence-electron chi connectivity index (χ4n) is 1.79.